The zero-order valence-corrected chi connectivity index (χ0v) is 12.4. The number of hydrogen-bond acceptors (Lipinski definition) is 3. The lowest BCUT2D eigenvalue weighted by Gasteiger charge is -2.13. The molecular weight excluding hydrogens is 288 g/mol. The molecule has 0 bridgehead atoms. The van der Waals surface area contributed by atoms with Gasteiger partial charge in [0.15, 0.2) is 0 Å². The summed E-state index contributed by atoms with van der Waals surface area (Å²) in [5.41, 5.74) is 7.58. The number of hydrogen-bond donors (Lipinski definition) is 2. The zero-order valence-electron chi connectivity index (χ0n) is 11.7. The molecule has 1 atom stereocenters. The van der Waals surface area contributed by atoms with Crippen molar-refractivity contribution in [1.29, 1.82) is 0 Å². The first-order valence-corrected chi connectivity index (χ1v) is 6.92. The average molecular weight is 305 g/mol. The summed E-state index contributed by atoms with van der Waals surface area (Å²) in [5.74, 6) is 0.359. The van der Waals surface area contributed by atoms with Crippen LogP contribution >= 0.6 is 11.6 Å². The van der Waals surface area contributed by atoms with Crippen molar-refractivity contribution in [3.63, 3.8) is 0 Å². The molecule has 0 saturated heterocycles. The van der Waals surface area contributed by atoms with Gasteiger partial charge in [-0.1, -0.05) is 41.9 Å². The molecule has 110 valence electrons. The molecule has 0 aliphatic heterocycles. The highest BCUT2D eigenvalue weighted by Gasteiger charge is 2.12. The molecule has 2 aromatic carbocycles. The van der Waals surface area contributed by atoms with Gasteiger partial charge in [0.25, 0.3) is 0 Å². The van der Waals surface area contributed by atoms with E-state index in [-0.39, 0.29) is 18.4 Å². The number of amides is 1. The molecule has 0 heterocycles. The normalized spacial score (nSPS) is 11.8. The summed E-state index contributed by atoms with van der Waals surface area (Å²) in [5, 5.41) is 3.28. The zero-order chi connectivity index (χ0) is 15.2. The highest BCUT2D eigenvalue weighted by Crippen LogP contribution is 2.27. The fourth-order valence-corrected chi connectivity index (χ4v) is 2.16. The second kappa shape index (κ2) is 7.11. The molecule has 1 amide bonds. The quantitative estimate of drug-likeness (QED) is 0.890. The third-order valence-corrected chi connectivity index (χ3v) is 3.38. The first kappa shape index (κ1) is 15.4. The molecule has 3 N–H and O–H groups in total. The fraction of sp³-hybridized carbons (Fsp3) is 0.188. The molecule has 5 heteroatoms. The summed E-state index contributed by atoms with van der Waals surface area (Å²) in [7, 11) is 1.53. The van der Waals surface area contributed by atoms with E-state index in [0.29, 0.717) is 16.5 Å². The first-order valence-electron chi connectivity index (χ1n) is 6.54. The predicted octanol–water partition coefficient (Wildman–Crippen LogP) is 3.38. The Morgan fingerprint density at radius 2 is 2.00 bits per heavy atom. The van der Waals surface area contributed by atoms with Crippen LogP contribution in [0.3, 0.4) is 0 Å². The van der Waals surface area contributed by atoms with Gasteiger partial charge in [-0.15, -0.1) is 0 Å². The lowest BCUT2D eigenvalue weighted by Crippen LogP contribution is -2.20. The monoisotopic (exact) mass is 304 g/mol. The highest BCUT2D eigenvalue weighted by atomic mass is 35.5. The van der Waals surface area contributed by atoms with E-state index in [4.69, 9.17) is 22.1 Å². The van der Waals surface area contributed by atoms with Crippen molar-refractivity contribution in [1.82, 2.24) is 0 Å². The molecule has 0 aliphatic rings. The Morgan fingerprint density at radius 1 is 1.29 bits per heavy atom. The molecule has 2 rings (SSSR count). The minimum Gasteiger partial charge on any atom is -0.495 e. The Balaban J connectivity index is 1.99. The lowest BCUT2D eigenvalue weighted by molar-refractivity contribution is -0.116. The molecule has 0 spiro atoms. The van der Waals surface area contributed by atoms with Crippen LogP contribution in [0.4, 0.5) is 5.69 Å². The summed E-state index contributed by atoms with van der Waals surface area (Å²) in [6.45, 7) is 0. The average Bonchev–Trinajstić information content (AvgIpc) is 2.50. The Hall–Kier alpha value is -2.04. The number of halogens is 1. The van der Waals surface area contributed by atoms with Crippen molar-refractivity contribution in [2.45, 2.75) is 12.5 Å². The van der Waals surface area contributed by atoms with Gasteiger partial charge in [-0.25, -0.2) is 0 Å². The number of anilines is 1. The topological polar surface area (TPSA) is 64.3 Å². The number of nitrogens with one attached hydrogen (secondary N) is 1. The highest BCUT2D eigenvalue weighted by molar-refractivity contribution is 6.32. The van der Waals surface area contributed by atoms with Gasteiger partial charge in [0, 0.05) is 24.2 Å². The Bertz CT molecular complexity index is 617. The molecule has 21 heavy (non-hydrogen) atoms. The van der Waals surface area contributed by atoms with Crippen molar-refractivity contribution in [2.24, 2.45) is 5.73 Å². The van der Waals surface area contributed by atoms with Crippen molar-refractivity contribution < 1.29 is 9.53 Å². The molecular formula is C16H17ClN2O2. The van der Waals surface area contributed by atoms with Crippen molar-refractivity contribution in [3.8, 4) is 5.75 Å². The minimum atomic E-state index is -0.333. The van der Waals surface area contributed by atoms with Gasteiger partial charge in [-0.3, -0.25) is 4.79 Å². The number of carbonyl (C=O) groups excluding carboxylic acids is 1. The number of ether oxygens (including phenoxy) is 1. The predicted molar refractivity (Wildman–Crippen MR) is 84.6 cm³/mol. The largest absolute Gasteiger partial charge is 0.495 e. The SMILES string of the molecule is COc1cc(NC(=O)CC(N)c2ccccc2)ccc1Cl. The molecule has 1 unspecified atom stereocenters. The van der Waals surface area contributed by atoms with Crippen LogP contribution in [0.5, 0.6) is 5.75 Å². The molecule has 0 aliphatic carbocycles. The van der Waals surface area contributed by atoms with Gasteiger partial charge in [0.2, 0.25) is 5.91 Å². The molecule has 2 aromatic rings. The van der Waals surface area contributed by atoms with Gasteiger partial charge in [-0.2, -0.15) is 0 Å². The number of nitrogens with two attached hydrogens (primary N) is 1. The van der Waals surface area contributed by atoms with Gasteiger partial charge in [-0.05, 0) is 17.7 Å². The van der Waals surface area contributed by atoms with Crippen LogP contribution in [0.25, 0.3) is 0 Å². The first-order chi connectivity index (χ1) is 10.1. The summed E-state index contributed by atoms with van der Waals surface area (Å²) in [4.78, 5) is 12.0. The van der Waals surface area contributed by atoms with Crippen LogP contribution in [0.2, 0.25) is 5.02 Å². The van der Waals surface area contributed by atoms with Gasteiger partial charge < -0.3 is 15.8 Å². The van der Waals surface area contributed by atoms with E-state index in [9.17, 15) is 4.79 Å². The minimum absolute atomic E-state index is 0.157. The Kier molecular flexibility index (Phi) is 5.20. The number of carbonyl (C=O) groups is 1. The van der Waals surface area contributed by atoms with E-state index in [2.05, 4.69) is 5.32 Å². The van der Waals surface area contributed by atoms with Crippen molar-refractivity contribution >= 4 is 23.2 Å². The van der Waals surface area contributed by atoms with E-state index in [1.165, 1.54) is 7.11 Å². The lowest BCUT2D eigenvalue weighted by atomic mass is 10.0. The third kappa shape index (κ3) is 4.21. The Labute approximate surface area is 128 Å². The standard InChI is InChI=1S/C16H17ClN2O2/c1-21-15-9-12(7-8-13(15)17)19-16(20)10-14(18)11-5-3-2-4-6-11/h2-9,14H,10,18H2,1H3,(H,19,20). The summed E-state index contributed by atoms with van der Waals surface area (Å²) < 4.78 is 5.11. The van der Waals surface area contributed by atoms with Crippen LogP contribution in [0, 0.1) is 0 Å². The van der Waals surface area contributed by atoms with Crippen LogP contribution < -0.4 is 15.8 Å². The maximum Gasteiger partial charge on any atom is 0.226 e. The van der Waals surface area contributed by atoms with Crippen LogP contribution in [-0.2, 0) is 4.79 Å². The second-order valence-corrected chi connectivity index (χ2v) is 5.03. The van der Waals surface area contributed by atoms with Crippen molar-refractivity contribution in [3.05, 3.63) is 59.1 Å². The van der Waals surface area contributed by atoms with E-state index in [1.807, 2.05) is 30.3 Å². The van der Waals surface area contributed by atoms with Crippen LogP contribution in [0.1, 0.15) is 18.0 Å². The van der Waals surface area contributed by atoms with Crippen molar-refractivity contribution in [2.75, 3.05) is 12.4 Å². The molecule has 4 nitrogen and oxygen atoms in total. The van der Waals surface area contributed by atoms with E-state index >= 15 is 0 Å². The summed E-state index contributed by atoms with van der Waals surface area (Å²) >= 11 is 5.94. The van der Waals surface area contributed by atoms with E-state index in [0.717, 1.165) is 5.56 Å². The number of rotatable bonds is 5. The fourth-order valence-electron chi connectivity index (χ4n) is 1.97. The molecule has 0 radical (unpaired) electrons. The maximum absolute atomic E-state index is 12.0. The maximum atomic E-state index is 12.0. The molecule has 0 saturated carbocycles. The molecule has 0 fully saturated rings. The second-order valence-electron chi connectivity index (χ2n) is 4.62. The van der Waals surface area contributed by atoms with Crippen LogP contribution in [-0.4, -0.2) is 13.0 Å². The summed E-state index contributed by atoms with van der Waals surface area (Å²) in [6, 6.07) is 14.3. The van der Waals surface area contributed by atoms with E-state index < -0.39 is 0 Å². The smallest absolute Gasteiger partial charge is 0.226 e. The van der Waals surface area contributed by atoms with Gasteiger partial charge in [0.1, 0.15) is 5.75 Å². The Morgan fingerprint density at radius 3 is 2.67 bits per heavy atom. The van der Waals surface area contributed by atoms with Gasteiger partial charge >= 0.3 is 0 Å². The van der Waals surface area contributed by atoms with E-state index in [1.54, 1.807) is 18.2 Å². The van der Waals surface area contributed by atoms with Crippen LogP contribution in [0.15, 0.2) is 48.5 Å². The summed E-state index contributed by atoms with van der Waals surface area (Å²) in [6.07, 6.45) is 0.203. The third-order valence-electron chi connectivity index (χ3n) is 3.07. The molecule has 0 aromatic heterocycles. The van der Waals surface area contributed by atoms with Gasteiger partial charge in [0.05, 0.1) is 12.1 Å². The number of benzene rings is 2. The number of methoxy groups -OCH3 is 1.